The monoisotopic (exact) mass is 346 g/mol. The molecule has 6 nitrogen and oxygen atoms in total. The summed E-state index contributed by atoms with van der Waals surface area (Å²) in [6.45, 7) is 0. The van der Waals surface area contributed by atoms with Crippen molar-refractivity contribution < 1.29 is 9.53 Å². The van der Waals surface area contributed by atoms with Crippen LogP contribution in [0.1, 0.15) is 10.5 Å². The number of nitrogen functional groups attached to an aromatic ring is 1. The minimum absolute atomic E-state index is 0.0753. The second-order valence-electron chi connectivity index (χ2n) is 4.34. The lowest BCUT2D eigenvalue weighted by Gasteiger charge is -2.06. The Labute approximate surface area is 128 Å². The van der Waals surface area contributed by atoms with E-state index in [4.69, 9.17) is 5.73 Å². The number of fused-ring (bicyclic) bond motifs is 1. The number of methoxy groups -OCH3 is 1. The number of nitrogens with zero attached hydrogens (tertiary/aromatic N) is 3. The van der Waals surface area contributed by atoms with Gasteiger partial charge in [0.2, 0.25) is 0 Å². The molecule has 0 fully saturated rings. The summed E-state index contributed by atoms with van der Waals surface area (Å²) in [6, 6.07) is 7.68. The molecule has 0 saturated heterocycles. The van der Waals surface area contributed by atoms with Gasteiger partial charge in [0.05, 0.1) is 19.0 Å². The number of rotatable bonds is 2. The van der Waals surface area contributed by atoms with Crippen LogP contribution in [0.3, 0.4) is 0 Å². The van der Waals surface area contributed by atoms with Crippen molar-refractivity contribution >= 4 is 38.4 Å². The van der Waals surface area contributed by atoms with Crippen LogP contribution in [0.2, 0.25) is 0 Å². The molecule has 2 aromatic heterocycles. The maximum absolute atomic E-state index is 11.6. The molecule has 2 heterocycles. The Morgan fingerprint density at radius 1 is 1.33 bits per heavy atom. The van der Waals surface area contributed by atoms with Crippen molar-refractivity contribution in [2.24, 2.45) is 0 Å². The summed E-state index contributed by atoms with van der Waals surface area (Å²) in [4.78, 5) is 15.9. The molecule has 0 atom stereocenters. The fraction of sp³-hybridized carbons (Fsp3) is 0.0714. The summed E-state index contributed by atoms with van der Waals surface area (Å²) in [5, 5.41) is 6.06. The standard InChI is InChI=1S/C14H11BrN4O2/c1-21-14(20)12-11(16)7-19(18-12)13-9-3-2-4-10(15)8(9)5-6-17-13/h2-7H,16H2,1H3. The van der Waals surface area contributed by atoms with E-state index in [9.17, 15) is 4.79 Å². The number of nitrogens with two attached hydrogens (primary N) is 1. The van der Waals surface area contributed by atoms with Gasteiger partial charge in [0.25, 0.3) is 0 Å². The summed E-state index contributed by atoms with van der Waals surface area (Å²) in [7, 11) is 1.29. The summed E-state index contributed by atoms with van der Waals surface area (Å²) in [5.74, 6) is 0.0170. The fourth-order valence-corrected chi connectivity index (χ4v) is 2.59. The number of pyridine rings is 1. The summed E-state index contributed by atoms with van der Waals surface area (Å²) in [6.07, 6.45) is 3.23. The molecule has 21 heavy (non-hydrogen) atoms. The van der Waals surface area contributed by atoms with Gasteiger partial charge < -0.3 is 10.5 Å². The summed E-state index contributed by atoms with van der Waals surface area (Å²) < 4.78 is 7.09. The molecule has 0 spiro atoms. The third-order valence-corrected chi connectivity index (χ3v) is 3.76. The molecule has 0 bridgehead atoms. The maximum atomic E-state index is 11.6. The third kappa shape index (κ3) is 2.25. The van der Waals surface area contributed by atoms with Crippen molar-refractivity contribution in [2.75, 3.05) is 12.8 Å². The van der Waals surface area contributed by atoms with Gasteiger partial charge >= 0.3 is 5.97 Å². The molecular weight excluding hydrogens is 336 g/mol. The van der Waals surface area contributed by atoms with Crippen LogP contribution in [0.5, 0.6) is 0 Å². The van der Waals surface area contributed by atoms with Crippen LogP contribution in [0.25, 0.3) is 16.6 Å². The SMILES string of the molecule is COC(=O)c1nn(-c2nccc3c(Br)cccc23)cc1N. The molecule has 106 valence electrons. The number of esters is 1. The first-order chi connectivity index (χ1) is 10.1. The van der Waals surface area contributed by atoms with Crippen molar-refractivity contribution in [3.8, 4) is 5.82 Å². The zero-order chi connectivity index (χ0) is 15.0. The Morgan fingerprint density at radius 2 is 2.14 bits per heavy atom. The minimum Gasteiger partial charge on any atom is -0.464 e. The molecule has 0 aliphatic rings. The third-order valence-electron chi connectivity index (χ3n) is 3.07. The molecule has 0 radical (unpaired) electrons. The Morgan fingerprint density at radius 3 is 2.90 bits per heavy atom. The molecule has 3 aromatic rings. The van der Waals surface area contributed by atoms with E-state index in [2.05, 4.69) is 30.7 Å². The number of hydrogen-bond acceptors (Lipinski definition) is 5. The van der Waals surface area contributed by atoms with E-state index in [1.54, 1.807) is 12.4 Å². The normalized spacial score (nSPS) is 10.8. The number of carbonyl (C=O) groups excluding carboxylic acids is 1. The molecule has 2 N–H and O–H groups in total. The van der Waals surface area contributed by atoms with E-state index in [-0.39, 0.29) is 11.4 Å². The predicted octanol–water partition coefficient (Wildman–Crippen LogP) is 2.55. The van der Waals surface area contributed by atoms with Gasteiger partial charge in [-0.25, -0.2) is 14.5 Å². The Kier molecular flexibility index (Phi) is 3.34. The average Bonchev–Trinajstić information content (AvgIpc) is 2.88. The van der Waals surface area contributed by atoms with Crippen molar-refractivity contribution in [1.82, 2.24) is 14.8 Å². The van der Waals surface area contributed by atoms with Gasteiger partial charge in [-0.05, 0) is 12.1 Å². The molecular formula is C14H11BrN4O2. The predicted molar refractivity (Wildman–Crippen MR) is 82.3 cm³/mol. The zero-order valence-corrected chi connectivity index (χ0v) is 12.7. The molecule has 0 aliphatic heterocycles. The van der Waals surface area contributed by atoms with Crippen molar-refractivity contribution in [3.63, 3.8) is 0 Å². The number of aromatic nitrogens is 3. The first kappa shape index (κ1) is 13.6. The van der Waals surface area contributed by atoms with Crippen molar-refractivity contribution in [1.29, 1.82) is 0 Å². The van der Waals surface area contributed by atoms with Gasteiger partial charge in [0.15, 0.2) is 11.5 Å². The number of ether oxygens (including phenoxy) is 1. The Bertz CT molecular complexity index is 844. The van der Waals surface area contributed by atoms with E-state index >= 15 is 0 Å². The Balaban J connectivity index is 2.22. The van der Waals surface area contributed by atoms with E-state index in [1.165, 1.54) is 11.8 Å². The smallest absolute Gasteiger partial charge is 0.360 e. The van der Waals surface area contributed by atoms with Crippen molar-refractivity contribution in [2.45, 2.75) is 0 Å². The summed E-state index contributed by atoms with van der Waals surface area (Å²) in [5.41, 5.74) is 6.13. The first-order valence-corrected chi connectivity index (χ1v) is 6.88. The molecule has 0 amide bonds. The highest BCUT2D eigenvalue weighted by Gasteiger charge is 2.17. The quantitative estimate of drug-likeness (QED) is 0.721. The lowest BCUT2D eigenvalue weighted by molar-refractivity contribution is 0.0594. The van der Waals surface area contributed by atoms with E-state index in [1.807, 2.05) is 24.3 Å². The van der Waals surface area contributed by atoms with Gasteiger partial charge in [-0.1, -0.05) is 28.1 Å². The van der Waals surface area contributed by atoms with E-state index in [0.29, 0.717) is 5.82 Å². The lowest BCUT2D eigenvalue weighted by Crippen LogP contribution is -2.06. The molecule has 0 aliphatic carbocycles. The first-order valence-electron chi connectivity index (χ1n) is 6.09. The lowest BCUT2D eigenvalue weighted by atomic mass is 10.1. The largest absolute Gasteiger partial charge is 0.464 e. The van der Waals surface area contributed by atoms with Crippen LogP contribution in [0.4, 0.5) is 5.69 Å². The number of halogens is 1. The molecule has 1 aromatic carbocycles. The molecule has 3 rings (SSSR count). The average molecular weight is 347 g/mol. The van der Waals surface area contributed by atoms with Crippen LogP contribution < -0.4 is 5.73 Å². The highest BCUT2D eigenvalue weighted by molar-refractivity contribution is 9.10. The Hall–Kier alpha value is -2.41. The van der Waals surface area contributed by atoms with Gasteiger partial charge in [-0.15, -0.1) is 0 Å². The number of carbonyl (C=O) groups is 1. The van der Waals surface area contributed by atoms with Crippen molar-refractivity contribution in [3.05, 3.63) is 46.8 Å². The highest BCUT2D eigenvalue weighted by Crippen LogP contribution is 2.27. The summed E-state index contributed by atoms with van der Waals surface area (Å²) >= 11 is 3.50. The van der Waals surface area contributed by atoms with Crippen LogP contribution in [-0.4, -0.2) is 27.8 Å². The molecule has 0 unspecified atom stereocenters. The van der Waals surface area contributed by atoms with Gasteiger partial charge in [0, 0.05) is 21.4 Å². The topological polar surface area (TPSA) is 83.0 Å². The highest BCUT2D eigenvalue weighted by atomic mass is 79.9. The van der Waals surface area contributed by atoms with Crippen LogP contribution in [0.15, 0.2) is 41.1 Å². The number of benzene rings is 1. The van der Waals surface area contributed by atoms with E-state index in [0.717, 1.165) is 15.2 Å². The van der Waals surface area contributed by atoms with Gasteiger partial charge in [-0.2, -0.15) is 5.10 Å². The number of hydrogen-bond donors (Lipinski definition) is 1. The van der Waals surface area contributed by atoms with E-state index < -0.39 is 5.97 Å². The van der Waals surface area contributed by atoms with Crippen LogP contribution >= 0.6 is 15.9 Å². The zero-order valence-electron chi connectivity index (χ0n) is 11.1. The molecule has 0 saturated carbocycles. The molecule has 7 heteroatoms. The number of anilines is 1. The minimum atomic E-state index is -0.576. The van der Waals surface area contributed by atoms with Crippen LogP contribution in [0, 0.1) is 0 Å². The second-order valence-corrected chi connectivity index (χ2v) is 5.19. The van der Waals surface area contributed by atoms with Gasteiger partial charge in [0.1, 0.15) is 0 Å². The van der Waals surface area contributed by atoms with Gasteiger partial charge in [-0.3, -0.25) is 0 Å². The van der Waals surface area contributed by atoms with Crippen LogP contribution in [-0.2, 0) is 4.74 Å². The second kappa shape index (κ2) is 5.17. The maximum Gasteiger partial charge on any atom is 0.360 e. The fourth-order valence-electron chi connectivity index (χ4n) is 2.09.